The largest absolute Gasteiger partial charge is 0.357 e. The number of H-pyrrole nitrogens is 1. The van der Waals surface area contributed by atoms with Crippen molar-refractivity contribution in [2.45, 2.75) is 12.5 Å². The summed E-state index contributed by atoms with van der Waals surface area (Å²) in [6, 6.07) is 16.5. The Hall–Kier alpha value is -4.72. The Bertz CT molecular complexity index is 1750. The van der Waals surface area contributed by atoms with Gasteiger partial charge in [-0.1, -0.05) is 30.8 Å². The second-order valence-electron chi connectivity index (χ2n) is 9.20. The minimum absolute atomic E-state index is 0.139. The summed E-state index contributed by atoms with van der Waals surface area (Å²) in [5.74, 6) is 0. The molecular formula is C28H24N8. The Balaban J connectivity index is 1.30. The summed E-state index contributed by atoms with van der Waals surface area (Å²) in [6.45, 7) is 5.34. The van der Waals surface area contributed by atoms with Gasteiger partial charge in [0.1, 0.15) is 6.04 Å². The van der Waals surface area contributed by atoms with Crippen molar-refractivity contribution < 1.29 is 0 Å². The summed E-state index contributed by atoms with van der Waals surface area (Å²) >= 11 is 0. The number of benzene rings is 1. The van der Waals surface area contributed by atoms with E-state index in [1.54, 1.807) is 11.0 Å². The van der Waals surface area contributed by atoms with Crippen LogP contribution in [0.1, 0.15) is 28.7 Å². The van der Waals surface area contributed by atoms with E-state index < -0.39 is 0 Å². The van der Waals surface area contributed by atoms with Crippen molar-refractivity contribution >= 4 is 22.0 Å². The topological polar surface area (TPSA) is 79.9 Å². The highest BCUT2D eigenvalue weighted by Gasteiger charge is 2.34. The van der Waals surface area contributed by atoms with Gasteiger partial charge in [-0.15, -0.1) is 0 Å². The molecule has 0 spiro atoms. The highest BCUT2D eigenvalue weighted by Crippen LogP contribution is 2.39. The second-order valence-corrected chi connectivity index (χ2v) is 9.20. The van der Waals surface area contributed by atoms with Crippen LogP contribution < -0.4 is 0 Å². The Morgan fingerprint density at radius 2 is 1.94 bits per heavy atom. The van der Waals surface area contributed by atoms with Gasteiger partial charge in [0.2, 0.25) is 0 Å². The van der Waals surface area contributed by atoms with Gasteiger partial charge in [-0.25, -0.2) is 9.50 Å². The smallest absolute Gasteiger partial charge is 0.116 e. The molecule has 0 fully saturated rings. The van der Waals surface area contributed by atoms with E-state index in [0.29, 0.717) is 0 Å². The van der Waals surface area contributed by atoms with E-state index in [4.69, 9.17) is 9.97 Å². The second kappa shape index (κ2) is 7.91. The number of aromatic amines is 1. The van der Waals surface area contributed by atoms with Crippen LogP contribution >= 0.6 is 0 Å². The van der Waals surface area contributed by atoms with Crippen LogP contribution in [0.25, 0.3) is 33.2 Å². The molecule has 176 valence electrons. The van der Waals surface area contributed by atoms with Gasteiger partial charge < -0.3 is 9.88 Å². The molecule has 1 aliphatic heterocycles. The molecule has 0 saturated heterocycles. The van der Waals surface area contributed by atoms with Crippen LogP contribution in [-0.2, 0) is 13.5 Å². The standard InChI is InChI=1S/C28H24N8/c1-18(22-15-32-36-16-21(7-8-26(22)36)23-9-11-34(2)33-23)35-12-10-24-27(31-17-30-24)28(35)25-13-19-5-3-4-6-20(19)14-29-25/h3-9,11,13-17,28H,1,10,12H2,2H3,(H,30,31)/t28-/m1/s1. The van der Waals surface area contributed by atoms with Gasteiger partial charge in [0, 0.05) is 66.5 Å². The lowest BCUT2D eigenvalue weighted by Gasteiger charge is -2.37. The van der Waals surface area contributed by atoms with Crippen molar-refractivity contribution in [3.05, 3.63) is 109 Å². The third-order valence-electron chi connectivity index (χ3n) is 7.04. The summed E-state index contributed by atoms with van der Waals surface area (Å²) in [6.07, 6.45) is 10.4. The van der Waals surface area contributed by atoms with E-state index in [0.717, 1.165) is 68.9 Å². The Morgan fingerprint density at radius 3 is 2.81 bits per heavy atom. The first kappa shape index (κ1) is 20.6. The van der Waals surface area contributed by atoms with Gasteiger partial charge in [-0.3, -0.25) is 9.67 Å². The van der Waals surface area contributed by atoms with Crippen LogP contribution in [0, 0.1) is 0 Å². The number of nitrogens with zero attached hydrogens (tertiary/aromatic N) is 7. The van der Waals surface area contributed by atoms with Crippen LogP contribution in [0.15, 0.2) is 86.2 Å². The maximum Gasteiger partial charge on any atom is 0.116 e. The zero-order chi connectivity index (χ0) is 24.2. The highest BCUT2D eigenvalue weighted by atomic mass is 15.3. The number of aryl methyl sites for hydroxylation is 1. The zero-order valence-corrected chi connectivity index (χ0v) is 19.8. The molecule has 0 unspecified atom stereocenters. The number of nitrogens with one attached hydrogen (secondary N) is 1. The van der Waals surface area contributed by atoms with Gasteiger partial charge >= 0.3 is 0 Å². The minimum atomic E-state index is -0.139. The van der Waals surface area contributed by atoms with Crippen molar-refractivity contribution in [1.82, 2.24) is 39.2 Å². The molecule has 0 radical (unpaired) electrons. The number of fused-ring (bicyclic) bond motifs is 3. The van der Waals surface area contributed by atoms with Gasteiger partial charge in [-0.2, -0.15) is 10.2 Å². The predicted octanol–water partition coefficient (Wildman–Crippen LogP) is 4.62. The normalized spacial score (nSPS) is 15.5. The summed E-state index contributed by atoms with van der Waals surface area (Å²) < 4.78 is 3.70. The molecule has 8 heteroatoms. The Kier molecular flexibility index (Phi) is 4.54. The summed E-state index contributed by atoms with van der Waals surface area (Å²) in [7, 11) is 1.92. The van der Waals surface area contributed by atoms with Crippen molar-refractivity contribution in [3.8, 4) is 11.3 Å². The quantitative estimate of drug-likeness (QED) is 0.405. The van der Waals surface area contributed by atoms with E-state index in [1.807, 2.05) is 48.5 Å². The number of aromatic nitrogens is 7. The van der Waals surface area contributed by atoms with Crippen LogP contribution in [0.2, 0.25) is 0 Å². The van der Waals surface area contributed by atoms with Crippen LogP contribution in [-0.4, -0.2) is 45.8 Å². The maximum atomic E-state index is 4.87. The number of hydrogen-bond acceptors (Lipinski definition) is 5. The lowest BCUT2D eigenvalue weighted by molar-refractivity contribution is 0.309. The molecule has 0 saturated carbocycles. The molecule has 1 atom stereocenters. The average Bonchev–Trinajstić information content (AvgIpc) is 3.66. The molecule has 7 rings (SSSR count). The molecular weight excluding hydrogens is 448 g/mol. The average molecular weight is 473 g/mol. The molecule has 1 aliphatic rings. The van der Waals surface area contributed by atoms with E-state index in [1.165, 1.54) is 0 Å². The number of pyridine rings is 2. The lowest BCUT2D eigenvalue weighted by Crippen LogP contribution is -2.35. The first-order valence-corrected chi connectivity index (χ1v) is 12.0. The van der Waals surface area contributed by atoms with Gasteiger partial charge in [0.25, 0.3) is 0 Å². The first-order valence-electron chi connectivity index (χ1n) is 12.0. The highest BCUT2D eigenvalue weighted by molar-refractivity contribution is 5.82. The summed E-state index contributed by atoms with van der Waals surface area (Å²) in [5.41, 5.74) is 7.93. The van der Waals surface area contributed by atoms with Crippen molar-refractivity contribution in [3.63, 3.8) is 0 Å². The van der Waals surface area contributed by atoms with E-state index in [9.17, 15) is 0 Å². The van der Waals surface area contributed by atoms with E-state index in [2.05, 4.69) is 63.1 Å². The van der Waals surface area contributed by atoms with Crippen molar-refractivity contribution in [2.24, 2.45) is 7.05 Å². The van der Waals surface area contributed by atoms with Gasteiger partial charge in [0.15, 0.2) is 0 Å². The fourth-order valence-electron chi connectivity index (χ4n) is 5.20. The van der Waals surface area contributed by atoms with Gasteiger partial charge in [0.05, 0.1) is 35.1 Å². The Labute approximate surface area is 207 Å². The third-order valence-corrected chi connectivity index (χ3v) is 7.04. The maximum absolute atomic E-state index is 4.87. The monoisotopic (exact) mass is 472 g/mol. The molecule has 1 aromatic carbocycles. The molecule has 6 heterocycles. The number of rotatable bonds is 4. The molecule has 5 aromatic heterocycles. The molecule has 36 heavy (non-hydrogen) atoms. The molecule has 8 nitrogen and oxygen atoms in total. The SMILES string of the molecule is C=C(c1cnn2cc(-c3ccn(C)n3)ccc12)N1CCc2[nH]cnc2[C@H]1c1cc2ccccc2cn1. The minimum Gasteiger partial charge on any atom is -0.357 e. The van der Waals surface area contributed by atoms with E-state index in [-0.39, 0.29) is 6.04 Å². The van der Waals surface area contributed by atoms with Crippen molar-refractivity contribution in [2.75, 3.05) is 6.54 Å². The fraction of sp³-hybridized carbons (Fsp3) is 0.143. The summed E-state index contributed by atoms with van der Waals surface area (Å²) in [5, 5.41) is 11.5. The van der Waals surface area contributed by atoms with Gasteiger partial charge in [-0.05, 0) is 29.7 Å². The molecule has 1 N–H and O–H groups in total. The number of hydrogen-bond donors (Lipinski definition) is 1. The molecule has 0 aliphatic carbocycles. The fourth-order valence-corrected chi connectivity index (χ4v) is 5.20. The predicted molar refractivity (Wildman–Crippen MR) is 139 cm³/mol. The molecule has 0 amide bonds. The number of imidazole rings is 1. The van der Waals surface area contributed by atoms with Crippen molar-refractivity contribution in [1.29, 1.82) is 0 Å². The molecule has 0 bridgehead atoms. The molecule has 6 aromatic rings. The van der Waals surface area contributed by atoms with Crippen LogP contribution in [0.3, 0.4) is 0 Å². The first-order chi connectivity index (χ1) is 17.7. The third kappa shape index (κ3) is 3.22. The Morgan fingerprint density at radius 1 is 1.06 bits per heavy atom. The van der Waals surface area contributed by atoms with E-state index >= 15 is 0 Å². The lowest BCUT2D eigenvalue weighted by atomic mass is 9.96. The summed E-state index contributed by atoms with van der Waals surface area (Å²) in [4.78, 5) is 15.2. The zero-order valence-electron chi connectivity index (χ0n) is 19.8. The van der Waals surface area contributed by atoms with Crippen LogP contribution in [0.4, 0.5) is 0 Å². The van der Waals surface area contributed by atoms with Crippen LogP contribution in [0.5, 0.6) is 0 Å².